The molecule has 0 radical (unpaired) electrons. The number of rotatable bonds is 11. The van der Waals surface area contributed by atoms with Gasteiger partial charge in [0.1, 0.15) is 24.7 Å². The van der Waals surface area contributed by atoms with Crippen molar-refractivity contribution in [1.82, 2.24) is 14.5 Å². The van der Waals surface area contributed by atoms with Gasteiger partial charge in [0.2, 0.25) is 12.1 Å². The molecule has 2 aromatic rings. The number of hydrogen-bond donors (Lipinski definition) is 2. The third-order valence-corrected chi connectivity index (χ3v) is 17.8. The second-order valence-corrected chi connectivity index (χ2v) is 23.7. The van der Waals surface area contributed by atoms with Gasteiger partial charge >= 0.3 is 5.69 Å². The highest BCUT2D eigenvalue weighted by atomic mass is 28.4. The van der Waals surface area contributed by atoms with Gasteiger partial charge in [0.25, 0.3) is 5.56 Å². The predicted molar refractivity (Wildman–Crippen MR) is 176 cm³/mol. The quantitative estimate of drug-likeness (QED) is 0.343. The van der Waals surface area contributed by atoms with Gasteiger partial charge in [-0.05, 0) is 41.8 Å². The minimum Gasteiger partial charge on any atom is -0.467 e. The first kappa shape index (κ1) is 35.7. The van der Waals surface area contributed by atoms with Crippen LogP contribution in [0.3, 0.4) is 0 Å². The van der Waals surface area contributed by atoms with E-state index in [-0.39, 0.29) is 30.0 Å². The van der Waals surface area contributed by atoms with Gasteiger partial charge in [-0.25, -0.2) is 9.36 Å². The van der Waals surface area contributed by atoms with Gasteiger partial charge in [-0.1, -0.05) is 71.9 Å². The fraction of sp³-hybridized carbons (Fsp3) is 0.581. The Balaban J connectivity index is 2.11. The fourth-order valence-corrected chi connectivity index (χ4v) is 6.57. The molecule has 0 bridgehead atoms. The molecule has 1 aromatic carbocycles. The maximum Gasteiger partial charge on any atom is 0.335 e. The number of amides is 1. The van der Waals surface area contributed by atoms with E-state index in [2.05, 4.69) is 73.0 Å². The molecule has 1 fully saturated rings. The molecule has 3 N–H and O–H groups in total. The standard InChI is InChI=1S/C31H50N4O7Si2/c1-30(2,3)43(7,8)41-26-23(19-33-24(36)18-32)40-28(27(26)42-44(9,10)31(4,5)6)34-17-16-25(37)35(29(34)38)21-39-20-22-14-12-11-13-15-22/h11-17,19,26-28H,18,20-21,32H2,1-10H3,(H,33,36)/b23-19-/t26-,27-,28-/m1/s1. The molecule has 13 heteroatoms. The molecule has 1 aromatic heterocycles. The molecular formula is C31H50N4O7Si2. The predicted octanol–water partition coefficient (Wildman–Crippen LogP) is 4.41. The molecule has 44 heavy (non-hydrogen) atoms. The Hall–Kier alpha value is -2.82. The highest BCUT2D eigenvalue weighted by Gasteiger charge is 2.53. The molecule has 1 saturated heterocycles. The summed E-state index contributed by atoms with van der Waals surface area (Å²) in [5, 5.41) is 2.34. The average molecular weight is 647 g/mol. The van der Waals surface area contributed by atoms with Crippen LogP contribution < -0.4 is 22.3 Å². The zero-order valence-electron chi connectivity index (χ0n) is 27.8. The maximum absolute atomic E-state index is 13.9. The van der Waals surface area contributed by atoms with E-state index in [0.29, 0.717) is 5.76 Å². The summed E-state index contributed by atoms with van der Waals surface area (Å²) in [7, 11) is -4.92. The second-order valence-electron chi connectivity index (χ2n) is 14.2. The Kier molecular flexibility index (Phi) is 11.1. The molecule has 11 nitrogen and oxygen atoms in total. The van der Waals surface area contributed by atoms with Crippen molar-refractivity contribution in [2.75, 3.05) is 6.54 Å². The summed E-state index contributed by atoms with van der Waals surface area (Å²) in [6.45, 7) is 21.0. The lowest BCUT2D eigenvalue weighted by molar-refractivity contribution is -0.118. The number of carbonyl (C=O) groups excluding carboxylic acids is 1. The van der Waals surface area contributed by atoms with E-state index >= 15 is 0 Å². The van der Waals surface area contributed by atoms with Crippen LogP contribution in [0.4, 0.5) is 0 Å². The summed E-state index contributed by atoms with van der Waals surface area (Å²) in [5.74, 6) is -0.0888. The summed E-state index contributed by atoms with van der Waals surface area (Å²) in [6.07, 6.45) is 0.359. The van der Waals surface area contributed by atoms with E-state index in [0.717, 1.165) is 10.1 Å². The zero-order chi connectivity index (χ0) is 33.1. The number of nitrogens with one attached hydrogen (secondary N) is 1. The van der Waals surface area contributed by atoms with Gasteiger partial charge in [-0.2, -0.15) is 0 Å². The number of aromatic nitrogens is 2. The molecule has 2 heterocycles. The van der Waals surface area contributed by atoms with Crippen molar-refractivity contribution in [3.8, 4) is 0 Å². The Bertz CT molecular complexity index is 1440. The van der Waals surface area contributed by atoms with Crippen LogP contribution in [0.5, 0.6) is 0 Å². The number of carbonyl (C=O) groups is 1. The smallest absolute Gasteiger partial charge is 0.335 e. The summed E-state index contributed by atoms with van der Waals surface area (Å²) in [4.78, 5) is 38.9. The van der Waals surface area contributed by atoms with Crippen LogP contribution in [0.1, 0.15) is 53.3 Å². The third kappa shape index (κ3) is 8.26. The van der Waals surface area contributed by atoms with Gasteiger partial charge in [0, 0.05) is 18.5 Å². The van der Waals surface area contributed by atoms with Crippen molar-refractivity contribution in [3.63, 3.8) is 0 Å². The number of benzene rings is 1. The molecule has 3 rings (SSSR count). The van der Waals surface area contributed by atoms with Crippen LogP contribution in [-0.4, -0.2) is 50.4 Å². The van der Waals surface area contributed by atoms with Crippen molar-refractivity contribution >= 4 is 22.5 Å². The van der Waals surface area contributed by atoms with Crippen LogP contribution in [-0.2, 0) is 36.5 Å². The molecule has 0 spiro atoms. The van der Waals surface area contributed by atoms with E-state index in [1.165, 1.54) is 23.0 Å². The van der Waals surface area contributed by atoms with Gasteiger partial charge in [-0.15, -0.1) is 0 Å². The van der Waals surface area contributed by atoms with Crippen molar-refractivity contribution in [1.29, 1.82) is 0 Å². The first-order valence-electron chi connectivity index (χ1n) is 14.9. The minimum atomic E-state index is -2.48. The van der Waals surface area contributed by atoms with Crippen molar-refractivity contribution < 1.29 is 23.1 Å². The van der Waals surface area contributed by atoms with E-state index in [1.807, 2.05) is 30.3 Å². The third-order valence-electron chi connectivity index (χ3n) is 8.84. The molecular weight excluding hydrogens is 597 g/mol. The van der Waals surface area contributed by atoms with Crippen molar-refractivity contribution in [3.05, 3.63) is 81.0 Å². The topological polar surface area (TPSA) is 136 Å². The van der Waals surface area contributed by atoms with Crippen LogP contribution in [0, 0.1) is 0 Å². The van der Waals surface area contributed by atoms with Crippen LogP contribution in [0.2, 0.25) is 36.3 Å². The summed E-state index contributed by atoms with van der Waals surface area (Å²) in [5.41, 5.74) is 5.34. The molecule has 3 atom stereocenters. The number of hydrogen-bond acceptors (Lipinski definition) is 8. The molecule has 1 amide bonds. The Morgan fingerprint density at radius 1 is 0.977 bits per heavy atom. The zero-order valence-corrected chi connectivity index (χ0v) is 29.8. The molecule has 1 aliphatic rings. The summed E-state index contributed by atoms with van der Waals surface area (Å²) < 4.78 is 28.5. The SMILES string of the molecule is CC(C)(C)[Si](C)(C)O[C@@H]1[C@H](O[Si](C)(C)C(C)(C)C)/C(=C/NC(=O)CN)O[C@H]1n1ccc(=O)n(COCc2ccccc2)c1=O. The lowest BCUT2D eigenvalue weighted by atomic mass is 10.2. The Labute approximate surface area is 262 Å². The fourth-order valence-electron chi connectivity index (χ4n) is 4.06. The normalized spacial score (nSPS) is 20.5. The minimum absolute atomic E-state index is 0.154. The van der Waals surface area contributed by atoms with Crippen LogP contribution >= 0.6 is 0 Å². The van der Waals surface area contributed by atoms with E-state index in [4.69, 9.17) is 24.1 Å². The molecule has 0 saturated carbocycles. The van der Waals surface area contributed by atoms with Crippen LogP contribution in [0.15, 0.2) is 64.1 Å². The van der Waals surface area contributed by atoms with E-state index < -0.39 is 52.2 Å². The number of nitrogens with zero attached hydrogens (tertiary/aromatic N) is 2. The molecule has 244 valence electrons. The highest BCUT2D eigenvalue weighted by molar-refractivity contribution is 6.74. The van der Waals surface area contributed by atoms with Gasteiger partial charge in [-0.3, -0.25) is 14.2 Å². The van der Waals surface area contributed by atoms with Crippen molar-refractivity contribution in [2.45, 2.75) is 110 Å². The van der Waals surface area contributed by atoms with Gasteiger partial charge in [0.15, 0.2) is 16.6 Å². The lowest BCUT2D eigenvalue weighted by Crippen LogP contribution is -2.53. The second kappa shape index (κ2) is 13.7. The van der Waals surface area contributed by atoms with Gasteiger partial charge < -0.3 is 29.4 Å². The van der Waals surface area contributed by atoms with Crippen molar-refractivity contribution in [2.24, 2.45) is 5.73 Å². The summed E-state index contributed by atoms with van der Waals surface area (Å²) >= 11 is 0. The largest absolute Gasteiger partial charge is 0.467 e. The monoisotopic (exact) mass is 646 g/mol. The highest BCUT2D eigenvalue weighted by Crippen LogP contribution is 2.46. The number of ether oxygens (including phenoxy) is 2. The summed E-state index contributed by atoms with van der Waals surface area (Å²) in [6, 6.07) is 10.8. The molecule has 0 aliphatic carbocycles. The number of nitrogens with two attached hydrogens (primary N) is 1. The molecule has 1 aliphatic heterocycles. The van der Waals surface area contributed by atoms with Gasteiger partial charge in [0.05, 0.1) is 13.2 Å². The van der Waals surface area contributed by atoms with E-state index in [1.54, 1.807) is 0 Å². The van der Waals surface area contributed by atoms with Crippen LogP contribution in [0.25, 0.3) is 0 Å². The first-order valence-corrected chi connectivity index (χ1v) is 20.8. The Morgan fingerprint density at radius 3 is 2.14 bits per heavy atom. The Morgan fingerprint density at radius 2 is 1.57 bits per heavy atom. The lowest BCUT2D eigenvalue weighted by Gasteiger charge is -2.43. The van der Waals surface area contributed by atoms with E-state index in [9.17, 15) is 14.4 Å². The molecule has 0 unspecified atom stereocenters. The average Bonchev–Trinajstić information content (AvgIpc) is 3.23. The first-order chi connectivity index (χ1) is 20.3. The maximum atomic E-state index is 13.9.